The monoisotopic (exact) mass is 134 g/mol. The molecule has 0 atom stereocenters. The van der Waals surface area contributed by atoms with Crippen molar-refractivity contribution in [3.8, 4) is 0 Å². The molecule has 0 unspecified atom stereocenters. The lowest BCUT2D eigenvalue weighted by Crippen LogP contribution is -2.39. The van der Waals surface area contributed by atoms with Crippen LogP contribution in [0.1, 0.15) is 23.6 Å². The fourth-order valence-corrected chi connectivity index (χ4v) is 0.474. The van der Waals surface area contributed by atoms with Crippen LogP contribution in [0, 0.1) is 0 Å². The van der Waals surface area contributed by atoms with E-state index in [2.05, 4.69) is 10.6 Å². The quantitative estimate of drug-likeness (QED) is 0.585. The van der Waals surface area contributed by atoms with Crippen molar-refractivity contribution in [2.45, 2.75) is 26.8 Å². The van der Waals surface area contributed by atoms with Crippen LogP contribution >= 0.6 is 0 Å². The molecule has 0 radical (unpaired) electrons. The highest BCUT2D eigenvalue weighted by Gasteiger charge is 1.97. The molecule has 3 heteroatoms. The SMILES string of the molecule is CCNC(=O)NC(C)C.[HH].[HH]. The fraction of sp³-hybridized carbons (Fsp3) is 0.833. The molecule has 0 aliphatic carbocycles. The molecule has 2 amide bonds. The van der Waals surface area contributed by atoms with Gasteiger partial charge in [-0.15, -0.1) is 0 Å². The summed E-state index contributed by atoms with van der Waals surface area (Å²) in [4.78, 5) is 10.6. The predicted molar refractivity (Wildman–Crippen MR) is 41.6 cm³/mol. The van der Waals surface area contributed by atoms with Gasteiger partial charge in [-0.1, -0.05) is 0 Å². The zero-order valence-corrected chi connectivity index (χ0v) is 6.19. The molecule has 0 aromatic carbocycles. The largest absolute Gasteiger partial charge is 0.338 e. The molecular weight excluding hydrogens is 116 g/mol. The lowest BCUT2D eigenvalue weighted by molar-refractivity contribution is 0.239. The van der Waals surface area contributed by atoms with E-state index >= 15 is 0 Å². The van der Waals surface area contributed by atoms with Crippen molar-refractivity contribution < 1.29 is 7.65 Å². The van der Waals surface area contributed by atoms with Crippen molar-refractivity contribution >= 4 is 6.03 Å². The van der Waals surface area contributed by atoms with Gasteiger partial charge in [-0.2, -0.15) is 0 Å². The van der Waals surface area contributed by atoms with E-state index in [9.17, 15) is 4.79 Å². The number of nitrogens with one attached hydrogen (secondary N) is 2. The Kier molecular flexibility index (Phi) is 3.84. The van der Waals surface area contributed by atoms with E-state index in [4.69, 9.17) is 0 Å². The number of amides is 2. The molecule has 0 aromatic rings. The lowest BCUT2D eigenvalue weighted by Gasteiger charge is -2.07. The van der Waals surface area contributed by atoms with Crippen LogP contribution in [0.3, 0.4) is 0 Å². The number of carbonyl (C=O) groups is 1. The summed E-state index contributed by atoms with van der Waals surface area (Å²) >= 11 is 0. The van der Waals surface area contributed by atoms with Crippen molar-refractivity contribution in [1.82, 2.24) is 10.6 Å². The summed E-state index contributed by atoms with van der Waals surface area (Å²) in [5.74, 6) is 0. The van der Waals surface area contributed by atoms with Gasteiger partial charge in [0.15, 0.2) is 0 Å². The normalized spacial score (nSPS) is 9.33. The van der Waals surface area contributed by atoms with Gasteiger partial charge in [0.25, 0.3) is 0 Å². The summed E-state index contributed by atoms with van der Waals surface area (Å²) in [6, 6.07) is 0.129. The second-order valence-electron chi connectivity index (χ2n) is 2.16. The van der Waals surface area contributed by atoms with Crippen LogP contribution in [0.5, 0.6) is 0 Å². The van der Waals surface area contributed by atoms with Crippen LogP contribution in [-0.2, 0) is 0 Å². The van der Waals surface area contributed by atoms with Crippen molar-refractivity contribution in [2.24, 2.45) is 0 Å². The smallest absolute Gasteiger partial charge is 0.314 e. The second kappa shape index (κ2) is 4.18. The molecule has 9 heavy (non-hydrogen) atoms. The first-order chi connectivity index (χ1) is 4.16. The van der Waals surface area contributed by atoms with Crippen molar-refractivity contribution in [3.63, 3.8) is 0 Å². The minimum Gasteiger partial charge on any atom is -0.338 e. The highest BCUT2D eigenvalue weighted by molar-refractivity contribution is 5.73. The molecule has 0 saturated heterocycles. The molecule has 0 spiro atoms. The Hall–Kier alpha value is -0.730. The molecule has 0 aliphatic rings. The lowest BCUT2D eigenvalue weighted by atomic mass is 10.4. The average Bonchev–Trinajstić information content (AvgIpc) is 1.63. The van der Waals surface area contributed by atoms with Gasteiger partial charge in [0.1, 0.15) is 0 Å². The van der Waals surface area contributed by atoms with Crippen LogP contribution in [0.2, 0.25) is 0 Å². The van der Waals surface area contributed by atoms with Gasteiger partial charge in [0, 0.05) is 15.4 Å². The zero-order valence-electron chi connectivity index (χ0n) is 6.19. The van der Waals surface area contributed by atoms with E-state index in [1.54, 1.807) is 0 Å². The van der Waals surface area contributed by atoms with E-state index in [0.717, 1.165) is 0 Å². The summed E-state index contributed by atoms with van der Waals surface area (Å²) in [5.41, 5.74) is 0. The summed E-state index contributed by atoms with van der Waals surface area (Å²) in [6.45, 7) is 6.42. The van der Waals surface area contributed by atoms with Gasteiger partial charge in [-0.3, -0.25) is 0 Å². The van der Waals surface area contributed by atoms with Crippen molar-refractivity contribution in [2.75, 3.05) is 6.54 Å². The van der Waals surface area contributed by atoms with E-state index < -0.39 is 0 Å². The van der Waals surface area contributed by atoms with Gasteiger partial charge in [0.2, 0.25) is 0 Å². The Bertz CT molecular complexity index is 98.6. The van der Waals surface area contributed by atoms with Crippen LogP contribution in [0.15, 0.2) is 0 Å². The Balaban J connectivity index is -0.000000320. The Morgan fingerprint density at radius 2 is 2.22 bits per heavy atom. The van der Waals surface area contributed by atoms with Gasteiger partial charge in [-0.25, -0.2) is 4.79 Å². The number of rotatable bonds is 2. The highest BCUT2D eigenvalue weighted by Crippen LogP contribution is 1.74. The molecule has 0 aliphatic heterocycles. The van der Waals surface area contributed by atoms with Crippen LogP contribution < -0.4 is 10.6 Å². The van der Waals surface area contributed by atoms with E-state index in [0.29, 0.717) is 6.54 Å². The van der Waals surface area contributed by atoms with Crippen LogP contribution in [-0.4, -0.2) is 18.6 Å². The average molecular weight is 134 g/mol. The van der Waals surface area contributed by atoms with Crippen molar-refractivity contribution in [3.05, 3.63) is 0 Å². The number of carbonyl (C=O) groups excluding carboxylic acids is 1. The first-order valence-electron chi connectivity index (χ1n) is 3.21. The molecule has 0 heterocycles. The second-order valence-corrected chi connectivity index (χ2v) is 2.16. The van der Waals surface area contributed by atoms with Gasteiger partial charge < -0.3 is 10.6 Å². The van der Waals surface area contributed by atoms with Crippen LogP contribution in [0.4, 0.5) is 4.79 Å². The molecule has 2 N–H and O–H groups in total. The minimum absolute atomic E-state index is 0. The maximum Gasteiger partial charge on any atom is 0.314 e. The molecule has 0 saturated carbocycles. The summed E-state index contributed by atoms with van der Waals surface area (Å²) in [6.07, 6.45) is 0. The third kappa shape index (κ3) is 5.14. The van der Waals surface area contributed by atoms with Crippen LogP contribution in [0.25, 0.3) is 0 Å². The minimum atomic E-state index is -0.0903. The Labute approximate surface area is 58.8 Å². The standard InChI is InChI=1S/C6H14N2O.2H2/c1-4-7-6(9)8-5(2)3;;/h5H,4H2,1-3H3,(H2,7,8,9);2*1H. The number of hydrogen-bond donors (Lipinski definition) is 2. The molecule has 3 nitrogen and oxygen atoms in total. The molecular formula is C6H18N2O. The van der Waals surface area contributed by atoms with Gasteiger partial charge in [0.05, 0.1) is 0 Å². The maximum absolute atomic E-state index is 10.6. The van der Waals surface area contributed by atoms with E-state index in [1.165, 1.54) is 0 Å². The first kappa shape index (κ1) is 8.27. The molecule has 58 valence electrons. The van der Waals surface area contributed by atoms with Gasteiger partial charge >= 0.3 is 6.03 Å². The zero-order chi connectivity index (χ0) is 7.28. The van der Waals surface area contributed by atoms with E-state index in [-0.39, 0.29) is 14.9 Å². The molecule has 0 fully saturated rings. The number of hydrogen-bond acceptors (Lipinski definition) is 1. The Morgan fingerprint density at radius 3 is 2.56 bits per heavy atom. The fourth-order valence-electron chi connectivity index (χ4n) is 0.474. The Morgan fingerprint density at radius 1 is 1.67 bits per heavy atom. The summed E-state index contributed by atoms with van der Waals surface area (Å²) in [5, 5.41) is 5.32. The summed E-state index contributed by atoms with van der Waals surface area (Å²) in [7, 11) is 0. The number of urea groups is 1. The van der Waals surface area contributed by atoms with Gasteiger partial charge in [-0.05, 0) is 20.8 Å². The molecule has 0 rings (SSSR count). The first-order valence-corrected chi connectivity index (χ1v) is 3.21. The summed E-state index contributed by atoms with van der Waals surface area (Å²) < 4.78 is 0. The van der Waals surface area contributed by atoms with E-state index in [1.807, 2.05) is 20.8 Å². The third-order valence-corrected chi connectivity index (χ3v) is 0.757. The predicted octanol–water partition coefficient (Wildman–Crippen LogP) is 1.21. The molecule has 0 bridgehead atoms. The molecule has 0 aromatic heterocycles. The maximum atomic E-state index is 10.6. The topological polar surface area (TPSA) is 41.1 Å². The van der Waals surface area contributed by atoms with Crippen molar-refractivity contribution in [1.29, 1.82) is 0 Å². The highest BCUT2D eigenvalue weighted by atomic mass is 16.2. The third-order valence-electron chi connectivity index (χ3n) is 0.757.